The Morgan fingerprint density at radius 1 is 1.06 bits per heavy atom. The third-order valence-corrected chi connectivity index (χ3v) is 11.1. The van der Waals surface area contributed by atoms with Crippen molar-refractivity contribution in [2.24, 2.45) is 5.92 Å². The van der Waals surface area contributed by atoms with Crippen molar-refractivity contribution in [1.82, 2.24) is 15.3 Å². The molecule has 250 valence electrons. The number of rotatable bonds is 4. The molecule has 2 aromatic carbocycles. The first-order valence-corrected chi connectivity index (χ1v) is 18.3. The number of ether oxygens (including phenoxy) is 1. The van der Waals surface area contributed by atoms with Crippen LogP contribution in [-0.4, -0.2) is 48.2 Å². The summed E-state index contributed by atoms with van der Waals surface area (Å²) in [7, 11) is 0. The molecule has 0 saturated carbocycles. The maximum Gasteiger partial charge on any atom is 0.227 e. The lowest BCUT2D eigenvalue weighted by Crippen LogP contribution is -2.52. The minimum absolute atomic E-state index is 0.274. The molecule has 11 heteroatoms. The van der Waals surface area contributed by atoms with E-state index in [1.165, 1.54) is 30.2 Å². The summed E-state index contributed by atoms with van der Waals surface area (Å²) < 4.78 is 22.7. The summed E-state index contributed by atoms with van der Waals surface area (Å²) in [6.45, 7) is 14.8. The van der Waals surface area contributed by atoms with Crippen LogP contribution < -0.4 is 20.9 Å². The lowest BCUT2D eigenvalue weighted by Gasteiger charge is -2.37. The summed E-state index contributed by atoms with van der Waals surface area (Å²) in [5, 5.41) is 15.7. The van der Waals surface area contributed by atoms with Crippen LogP contribution in [0.25, 0.3) is 32.1 Å². The van der Waals surface area contributed by atoms with Crippen molar-refractivity contribution in [3.8, 4) is 17.2 Å². The van der Waals surface area contributed by atoms with Crippen molar-refractivity contribution >= 4 is 60.7 Å². The molecule has 4 aromatic rings. The van der Waals surface area contributed by atoms with E-state index in [0.717, 1.165) is 72.5 Å². The summed E-state index contributed by atoms with van der Waals surface area (Å²) in [5.41, 5.74) is 9.72. The van der Waals surface area contributed by atoms with E-state index >= 15 is 4.39 Å². The maximum absolute atomic E-state index is 15.9. The first-order valence-electron chi connectivity index (χ1n) is 17.1. The molecule has 47 heavy (non-hydrogen) atoms. The number of halogens is 2. The first kappa shape index (κ1) is 33.7. The number of unbranched alkanes of at least 4 members (excludes halogenated alkanes) is 1. The van der Waals surface area contributed by atoms with Crippen LogP contribution in [0.4, 0.5) is 21.2 Å². The Balaban J connectivity index is 0.000000601. The number of hydrogen-bond acceptors (Lipinski definition) is 9. The molecule has 0 spiro atoms. The molecule has 4 aliphatic rings. The van der Waals surface area contributed by atoms with E-state index in [2.05, 4.69) is 42.0 Å². The Labute approximate surface area is 286 Å². The molecule has 2 aromatic heterocycles. The highest BCUT2D eigenvalue weighted by atomic mass is 35.5. The van der Waals surface area contributed by atoms with Crippen LogP contribution in [0, 0.1) is 23.1 Å². The van der Waals surface area contributed by atoms with Crippen LogP contribution in [0.5, 0.6) is 0 Å². The van der Waals surface area contributed by atoms with Gasteiger partial charge in [-0.05, 0) is 48.4 Å². The third-order valence-electron chi connectivity index (χ3n) is 9.79. The Morgan fingerprint density at radius 2 is 1.77 bits per heavy atom. The molecule has 3 N–H and O–H groups in total. The second-order valence-electron chi connectivity index (χ2n) is 12.7. The first-order chi connectivity index (χ1) is 22.9. The zero-order valence-corrected chi connectivity index (χ0v) is 29.6. The van der Waals surface area contributed by atoms with Gasteiger partial charge in [0.1, 0.15) is 22.7 Å². The second kappa shape index (κ2) is 14.1. The predicted octanol–water partition coefficient (Wildman–Crippen LogP) is 8.41. The topological polar surface area (TPSA) is 103 Å². The van der Waals surface area contributed by atoms with Gasteiger partial charge in [0.05, 0.1) is 34.7 Å². The number of nitrogens with one attached hydrogen (secondary N) is 1. The van der Waals surface area contributed by atoms with E-state index in [1.54, 1.807) is 6.07 Å². The number of aromatic nitrogens is 2. The van der Waals surface area contributed by atoms with E-state index in [9.17, 15) is 5.26 Å². The third kappa shape index (κ3) is 5.79. The van der Waals surface area contributed by atoms with Gasteiger partial charge in [0.25, 0.3) is 0 Å². The highest BCUT2D eigenvalue weighted by molar-refractivity contribution is 7.23. The van der Waals surface area contributed by atoms with Crippen molar-refractivity contribution in [2.45, 2.75) is 92.0 Å². The molecule has 0 aliphatic carbocycles. The number of hydrogen-bond donors (Lipinski definition) is 2. The Morgan fingerprint density at radius 3 is 2.40 bits per heavy atom. The van der Waals surface area contributed by atoms with Crippen LogP contribution in [-0.2, 0) is 18.0 Å². The molecule has 3 fully saturated rings. The number of benzene rings is 2. The number of thiophene rings is 1. The monoisotopic (exact) mass is 677 g/mol. The molecular weight excluding hydrogens is 633 g/mol. The quantitative estimate of drug-likeness (QED) is 0.222. The lowest BCUT2D eigenvalue weighted by atomic mass is 9.90. The largest absolute Gasteiger partial charge is 0.389 e. The average molecular weight is 678 g/mol. The van der Waals surface area contributed by atoms with Gasteiger partial charge in [0.15, 0.2) is 0 Å². The lowest BCUT2D eigenvalue weighted by molar-refractivity contribution is 0.135. The minimum atomic E-state index is -0.454. The van der Waals surface area contributed by atoms with Crippen LogP contribution in [0.3, 0.4) is 0 Å². The molecule has 8 rings (SSSR count). The number of nitriles is 1. The summed E-state index contributed by atoms with van der Waals surface area (Å²) in [6.07, 6.45) is 5.93. The summed E-state index contributed by atoms with van der Waals surface area (Å²) in [4.78, 5) is 15.1. The number of anilines is 3. The molecule has 0 amide bonds. The van der Waals surface area contributed by atoms with Gasteiger partial charge in [-0.15, -0.1) is 11.3 Å². The van der Waals surface area contributed by atoms with E-state index in [1.807, 2.05) is 13.8 Å². The van der Waals surface area contributed by atoms with Crippen LogP contribution >= 0.6 is 22.9 Å². The van der Waals surface area contributed by atoms with Gasteiger partial charge in [-0.25, -0.2) is 9.37 Å². The Hall–Kier alpha value is -3.23. The molecule has 4 aliphatic heterocycles. The van der Waals surface area contributed by atoms with Crippen molar-refractivity contribution < 1.29 is 9.13 Å². The standard InChI is InChI=1S/C30H29ClFN7OS.C4H10.C2H6/c1-14-6-7-38(11-14)30-36-27-24(29(37-30)39-15-2-3-16(39)10-35-9-15)19-13-40-12-18(19)23(26(27)31)25-20(32)4-5-21-22(25)17(8-33)28(34)41-21;1-3-4-2;1-2/h4-5,14-16,35H,2-3,6-7,9-13,34H2,1H3;3-4H2,1-2H3;1-2H3. The number of nitrogen functional groups attached to an aromatic ring is 1. The Bertz CT molecular complexity index is 1820. The highest BCUT2D eigenvalue weighted by Gasteiger charge is 2.40. The van der Waals surface area contributed by atoms with Gasteiger partial charge in [-0.1, -0.05) is 59.1 Å². The maximum atomic E-state index is 15.9. The zero-order valence-electron chi connectivity index (χ0n) is 28.1. The number of piperazine rings is 1. The van der Waals surface area contributed by atoms with Gasteiger partial charge in [0, 0.05) is 59.5 Å². The van der Waals surface area contributed by atoms with Gasteiger partial charge in [-0.2, -0.15) is 10.2 Å². The number of fused-ring (bicyclic) bond motifs is 6. The smallest absolute Gasteiger partial charge is 0.227 e. The molecule has 6 heterocycles. The van der Waals surface area contributed by atoms with Gasteiger partial charge in [0.2, 0.25) is 5.95 Å². The van der Waals surface area contributed by atoms with Crippen LogP contribution in [0.2, 0.25) is 5.02 Å². The molecule has 8 nitrogen and oxygen atoms in total. The van der Waals surface area contributed by atoms with E-state index < -0.39 is 5.82 Å². The minimum Gasteiger partial charge on any atom is -0.389 e. The average Bonchev–Trinajstić information content (AvgIpc) is 3.87. The Kier molecular flexibility index (Phi) is 10.1. The molecule has 3 unspecified atom stereocenters. The van der Waals surface area contributed by atoms with Crippen LogP contribution in [0.15, 0.2) is 12.1 Å². The molecule has 3 atom stereocenters. The number of nitrogens with two attached hydrogens (primary N) is 1. The fraction of sp³-hybridized carbons (Fsp3) is 0.528. The fourth-order valence-corrected chi connectivity index (χ4v) is 8.64. The van der Waals surface area contributed by atoms with Crippen LogP contribution in [0.1, 0.15) is 83.4 Å². The van der Waals surface area contributed by atoms with Gasteiger partial charge >= 0.3 is 0 Å². The summed E-state index contributed by atoms with van der Waals surface area (Å²) in [5.74, 6) is 1.67. The predicted molar refractivity (Wildman–Crippen MR) is 193 cm³/mol. The van der Waals surface area contributed by atoms with Gasteiger partial charge < -0.3 is 25.6 Å². The highest BCUT2D eigenvalue weighted by Crippen LogP contribution is 2.51. The fourth-order valence-electron chi connectivity index (χ4n) is 7.37. The number of nitrogens with zero attached hydrogens (tertiary/aromatic N) is 5. The SMILES string of the molecule is CC.CC1CCN(c2nc(N3C4CCC3CNC4)c3c4c(c(-c5c(F)ccc6sc(N)c(C#N)c56)c(Cl)c3n2)COC4)C1.CCCC. The molecule has 3 saturated heterocycles. The summed E-state index contributed by atoms with van der Waals surface area (Å²) >= 11 is 8.65. The second-order valence-corrected chi connectivity index (χ2v) is 14.2. The molecular formula is C36H45ClFN7OS. The van der Waals surface area contributed by atoms with Gasteiger partial charge in [-0.3, -0.25) is 0 Å². The summed E-state index contributed by atoms with van der Waals surface area (Å²) in [6, 6.07) is 5.98. The van der Waals surface area contributed by atoms with Crippen molar-refractivity contribution in [3.63, 3.8) is 0 Å². The van der Waals surface area contributed by atoms with Crippen molar-refractivity contribution in [2.75, 3.05) is 41.7 Å². The normalized spacial score (nSPS) is 21.4. The van der Waals surface area contributed by atoms with E-state index in [0.29, 0.717) is 62.6 Å². The molecule has 2 bridgehead atoms. The van der Waals surface area contributed by atoms with E-state index in [4.69, 9.17) is 32.0 Å². The van der Waals surface area contributed by atoms with Crippen molar-refractivity contribution in [3.05, 3.63) is 39.7 Å². The van der Waals surface area contributed by atoms with Crippen molar-refractivity contribution in [1.29, 1.82) is 5.26 Å². The zero-order chi connectivity index (χ0) is 33.4. The van der Waals surface area contributed by atoms with E-state index in [-0.39, 0.29) is 12.2 Å². The molecule has 0 radical (unpaired) electrons.